The first kappa shape index (κ1) is 11.7. The van der Waals surface area contributed by atoms with E-state index >= 15 is 0 Å². The third-order valence-corrected chi connectivity index (χ3v) is 5.29. The Morgan fingerprint density at radius 1 is 1.40 bits per heavy atom. The lowest BCUT2D eigenvalue weighted by Crippen LogP contribution is -2.47. The van der Waals surface area contributed by atoms with Crippen LogP contribution in [-0.4, -0.2) is 48.1 Å². The van der Waals surface area contributed by atoms with Crippen molar-refractivity contribution in [1.82, 2.24) is 10.2 Å². The van der Waals surface area contributed by atoms with Crippen LogP contribution in [0.25, 0.3) is 0 Å². The van der Waals surface area contributed by atoms with Crippen LogP contribution in [-0.2, 0) is 0 Å². The molecule has 1 heterocycles. The highest BCUT2D eigenvalue weighted by molar-refractivity contribution is 8.00. The maximum atomic E-state index is 3.57. The van der Waals surface area contributed by atoms with E-state index in [-0.39, 0.29) is 0 Å². The summed E-state index contributed by atoms with van der Waals surface area (Å²) in [6, 6.07) is 0.673. The molecule has 1 aliphatic heterocycles. The van der Waals surface area contributed by atoms with Crippen LogP contribution in [0.15, 0.2) is 0 Å². The van der Waals surface area contributed by atoms with E-state index in [4.69, 9.17) is 0 Å². The summed E-state index contributed by atoms with van der Waals surface area (Å²) in [6.45, 7) is 7.36. The molecular formula is C12H24N2S. The normalized spacial score (nSPS) is 32.0. The van der Waals surface area contributed by atoms with Gasteiger partial charge < -0.3 is 10.2 Å². The van der Waals surface area contributed by atoms with Crippen LogP contribution >= 0.6 is 11.8 Å². The number of nitrogens with zero attached hydrogens (tertiary/aromatic N) is 1. The minimum absolute atomic E-state index is 0.615. The molecule has 2 rings (SSSR count). The van der Waals surface area contributed by atoms with Gasteiger partial charge in [-0.2, -0.15) is 11.8 Å². The van der Waals surface area contributed by atoms with Crippen LogP contribution in [0.2, 0.25) is 0 Å². The second-order valence-corrected chi connectivity index (χ2v) is 6.46. The molecule has 0 aromatic rings. The van der Waals surface area contributed by atoms with Crippen LogP contribution in [0.3, 0.4) is 0 Å². The Morgan fingerprint density at radius 2 is 2.20 bits per heavy atom. The molecule has 1 saturated carbocycles. The zero-order valence-corrected chi connectivity index (χ0v) is 10.9. The molecule has 2 fully saturated rings. The van der Waals surface area contributed by atoms with E-state index in [1.165, 1.54) is 51.9 Å². The summed E-state index contributed by atoms with van der Waals surface area (Å²) in [7, 11) is 0. The topological polar surface area (TPSA) is 15.3 Å². The standard InChI is InChI=1S/C12H24N2S/c1-11-9-14(8-4-7-13-11)10-12(15-2)5-3-6-12/h11,13H,3-10H2,1-2H3. The van der Waals surface area contributed by atoms with Gasteiger partial charge in [0.05, 0.1) is 0 Å². The van der Waals surface area contributed by atoms with Crippen LogP contribution in [0, 0.1) is 0 Å². The zero-order valence-electron chi connectivity index (χ0n) is 10.1. The highest BCUT2D eigenvalue weighted by atomic mass is 32.2. The summed E-state index contributed by atoms with van der Waals surface area (Å²) in [5.41, 5.74) is 0. The van der Waals surface area contributed by atoms with Crippen molar-refractivity contribution in [3.05, 3.63) is 0 Å². The van der Waals surface area contributed by atoms with E-state index in [0.29, 0.717) is 10.8 Å². The molecule has 1 saturated heterocycles. The van der Waals surface area contributed by atoms with Crippen molar-refractivity contribution in [2.75, 3.05) is 32.4 Å². The van der Waals surface area contributed by atoms with Crippen molar-refractivity contribution in [1.29, 1.82) is 0 Å². The Balaban J connectivity index is 1.86. The lowest BCUT2D eigenvalue weighted by molar-refractivity contribution is 0.201. The minimum atomic E-state index is 0.615. The van der Waals surface area contributed by atoms with Crippen molar-refractivity contribution >= 4 is 11.8 Å². The van der Waals surface area contributed by atoms with E-state index in [2.05, 4.69) is 35.2 Å². The summed E-state index contributed by atoms with van der Waals surface area (Å²) in [4.78, 5) is 2.68. The fourth-order valence-corrected chi connectivity index (χ4v) is 3.75. The van der Waals surface area contributed by atoms with Crippen molar-refractivity contribution in [3.63, 3.8) is 0 Å². The third kappa shape index (κ3) is 2.89. The lowest BCUT2D eigenvalue weighted by atomic mass is 9.83. The zero-order chi connectivity index (χ0) is 10.7. The van der Waals surface area contributed by atoms with E-state index in [0.717, 1.165) is 0 Å². The minimum Gasteiger partial charge on any atom is -0.313 e. The first-order valence-corrected chi connectivity index (χ1v) is 7.47. The molecule has 0 spiro atoms. The Hall–Kier alpha value is 0.270. The summed E-state index contributed by atoms with van der Waals surface area (Å²) < 4.78 is 0.615. The predicted molar refractivity (Wildman–Crippen MR) is 68.6 cm³/mol. The highest BCUT2D eigenvalue weighted by Crippen LogP contribution is 2.43. The second-order valence-electron chi connectivity index (χ2n) is 5.18. The molecule has 1 N–H and O–H groups in total. The monoisotopic (exact) mass is 228 g/mol. The van der Waals surface area contributed by atoms with Crippen molar-refractivity contribution in [2.45, 2.75) is 43.4 Å². The van der Waals surface area contributed by atoms with E-state index in [9.17, 15) is 0 Å². The molecule has 0 aromatic carbocycles. The maximum absolute atomic E-state index is 3.57. The number of nitrogens with one attached hydrogen (secondary N) is 1. The van der Waals surface area contributed by atoms with E-state index in [1.54, 1.807) is 0 Å². The van der Waals surface area contributed by atoms with Gasteiger partial charge in [0.2, 0.25) is 0 Å². The van der Waals surface area contributed by atoms with Crippen LogP contribution < -0.4 is 5.32 Å². The molecule has 1 aliphatic carbocycles. The van der Waals surface area contributed by atoms with Gasteiger partial charge >= 0.3 is 0 Å². The average molecular weight is 228 g/mol. The lowest BCUT2D eigenvalue weighted by Gasteiger charge is -2.44. The first-order chi connectivity index (χ1) is 7.24. The molecule has 1 unspecified atom stereocenters. The fourth-order valence-electron chi connectivity index (χ4n) is 2.74. The molecule has 2 aliphatic rings. The molecule has 1 atom stereocenters. The number of thioether (sulfide) groups is 1. The van der Waals surface area contributed by atoms with Gasteiger partial charge in [-0.1, -0.05) is 6.42 Å². The van der Waals surface area contributed by atoms with Gasteiger partial charge in [0.25, 0.3) is 0 Å². The van der Waals surface area contributed by atoms with E-state index < -0.39 is 0 Å². The largest absolute Gasteiger partial charge is 0.313 e. The van der Waals surface area contributed by atoms with Gasteiger partial charge in [-0.3, -0.25) is 0 Å². The molecule has 88 valence electrons. The Labute approximate surface area is 98.2 Å². The Morgan fingerprint density at radius 3 is 2.80 bits per heavy atom. The van der Waals surface area contributed by atoms with Gasteiger partial charge in [-0.25, -0.2) is 0 Å². The van der Waals surface area contributed by atoms with Crippen LogP contribution in [0.4, 0.5) is 0 Å². The number of rotatable bonds is 3. The quantitative estimate of drug-likeness (QED) is 0.795. The Bertz CT molecular complexity index is 198. The average Bonchev–Trinajstić information content (AvgIpc) is 2.36. The molecule has 2 nitrogen and oxygen atoms in total. The number of hydrogen-bond donors (Lipinski definition) is 1. The highest BCUT2D eigenvalue weighted by Gasteiger charge is 2.37. The van der Waals surface area contributed by atoms with Gasteiger partial charge in [0, 0.05) is 23.9 Å². The molecule has 0 radical (unpaired) electrons. The summed E-state index contributed by atoms with van der Waals surface area (Å²) in [6.07, 6.45) is 7.93. The number of hydrogen-bond acceptors (Lipinski definition) is 3. The smallest absolute Gasteiger partial charge is 0.0284 e. The molecule has 0 amide bonds. The molecular weight excluding hydrogens is 204 g/mol. The molecule has 0 aromatic heterocycles. The molecule has 15 heavy (non-hydrogen) atoms. The molecule has 0 bridgehead atoms. The van der Waals surface area contributed by atoms with Gasteiger partial charge in [0.1, 0.15) is 0 Å². The molecule has 3 heteroatoms. The maximum Gasteiger partial charge on any atom is 0.0284 e. The summed E-state index contributed by atoms with van der Waals surface area (Å²) in [5.74, 6) is 0. The third-order valence-electron chi connectivity index (χ3n) is 3.89. The van der Waals surface area contributed by atoms with Crippen LogP contribution in [0.1, 0.15) is 32.6 Å². The Kier molecular flexibility index (Phi) is 3.97. The van der Waals surface area contributed by atoms with E-state index in [1.807, 2.05) is 0 Å². The first-order valence-electron chi connectivity index (χ1n) is 6.25. The SMILES string of the molecule is CSC1(CN2CCCNC(C)C2)CCC1. The second kappa shape index (κ2) is 5.07. The fraction of sp³-hybridized carbons (Fsp3) is 1.00. The van der Waals surface area contributed by atoms with Crippen molar-refractivity contribution in [3.8, 4) is 0 Å². The van der Waals surface area contributed by atoms with Crippen molar-refractivity contribution < 1.29 is 0 Å². The summed E-state index contributed by atoms with van der Waals surface area (Å²) in [5, 5.41) is 3.57. The van der Waals surface area contributed by atoms with Gasteiger partial charge in [0.15, 0.2) is 0 Å². The van der Waals surface area contributed by atoms with Gasteiger partial charge in [-0.15, -0.1) is 0 Å². The predicted octanol–water partition coefficient (Wildman–Crippen LogP) is 1.96. The van der Waals surface area contributed by atoms with Gasteiger partial charge in [-0.05, 0) is 45.5 Å². The summed E-state index contributed by atoms with van der Waals surface area (Å²) >= 11 is 2.10. The van der Waals surface area contributed by atoms with Crippen LogP contribution in [0.5, 0.6) is 0 Å². The van der Waals surface area contributed by atoms with Crippen molar-refractivity contribution in [2.24, 2.45) is 0 Å².